The monoisotopic (exact) mass is 153 g/mol. The Morgan fingerprint density at radius 2 is 2.36 bits per heavy atom. The molecule has 58 valence electrons. The molecule has 0 saturated carbocycles. The van der Waals surface area contributed by atoms with Crippen molar-refractivity contribution in [2.45, 2.75) is 0 Å². The van der Waals surface area contributed by atoms with Gasteiger partial charge in [0.1, 0.15) is 5.75 Å². The molecular weight excluding hydrogens is 146 g/mol. The molecule has 1 aromatic rings. The van der Waals surface area contributed by atoms with Crippen LogP contribution >= 0.6 is 0 Å². The van der Waals surface area contributed by atoms with Crippen molar-refractivity contribution in [2.75, 3.05) is 7.11 Å². The minimum atomic E-state index is 0.351. The van der Waals surface area contributed by atoms with Crippen molar-refractivity contribution in [3.8, 4) is 11.6 Å². The highest BCUT2D eigenvalue weighted by atomic mass is 16.5. The highest BCUT2D eigenvalue weighted by Gasteiger charge is 1.93. The number of rotatable bonds is 3. The van der Waals surface area contributed by atoms with E-state index in [9.17, 15) is 4.79 Å². The van der Waals surface area contributed by atoms with Gasteiger partial charge < -0.3 is 9.47 Å². The molecule has 0 amide bonds. The van der Waals surface area contributed by atoms with E-state index in [1.165, 1.54) is 13.3 Å². The zero-order valence-corrected chi connectivity index (χ0v) is 5.98. The van der Waals surface area contributed by atoms with Crippen molar-refractivity contribution in [3.05, 3.63) is 18.3 Å². The fraction of sp³-hybridized carbons (Fsp3) is 0.143. The summed E-state index contributed by atoms with van der Waals surface area (Å²) in [6.45, 7) is 0.351. The highest BCUT2D eigenvalue weighted by Crippen LogP contribution is 2.11. The van der Waals surface area contributed by atoms with Crippen LogP contribution < -0.4 is 9.47 Å². The Morgan fingerprint density at radius 1 is 1.55 bits per heavy atom. The van der Waals surface area contributed by atoms with Gasteiger partial charge in [0.15, 0.2) is 0 Å². The molecule has 0 radical (unpaired) electrons. The summed E-state index contributed by atoms with van der Waals surface area (Å²) in [4.78, 5) is 13.7. The van der Waals surface area contributed by atoms with Crippen LogP contribution in [0.3, 0.4) is 0 Å². The molecule has 1 aromatic heterocycles. The maximum Gasteiger partial charge on any atom is 0.298 e. The maximum absolute atomic E-state index is 9.85. The van der Waals surface area contributed by atoms with E-state index in [4.69, 9.17) is 4.74 Å². The fourth-order valence-electron chi connectivity index (χ4n) is 0.613. The second-order valence-corrected chi connectivity index (χ2v) is 1.75. The molecule has 0 aliphatic carbocycles. The molecule has 0 aliphatic heterocycles. The number of hydrogen-bond acceptors (Lipinski definition) is 4. The topological polar surface area (TPSA) is 48.4 Å². The number of methoxy groups -OCH3 is 1. The van der Waals surface area contributed by atoms with E-state index >= 15 is 0 Å². The van der Waals surface area contributed by atoms with Crippen LogP contribution in [0, 0.1) is 0 Å². The van der Waals surface area contributed by atoms with Crippen molar-refractivity contribution in [2.24, 2.45) is 0 Å². The average Bonchev–Trinajstić information content (AvgIpc) is 2.07. The minimum absolute atomic E-state index is 0.351. The summed E-state index contributed by atoms with van der Waals surface area (Å²) >= 11 is 0. The molecule has 1 rings (SSSR count). The van der Waals surface area contributed by atoms with Crippen LogP contribution in [-0.2, 0) is 4.79 Å². The van der Waals surface area contributed by atoms with Crippen LogP contribution in [0.4, 0.5) is 0 Å². The highest BCUT2D eigenvalue weighted by molar-refractivity contribution is 5.44. The van der Waals surface area contributed by atoms with E-state index in [2.05, 4.69) is 9.72 Å². The van der Waals surface area contributed by atoms with Crippen molar-refractivity contribution in [1.82, 2.24) is 4.98 Å². The van der Waals surface area contributed by atoms with Gasteiger partial charge in [0.25, 0.3) is 6.47 Å². The standard InChI is InChI=1S/C7H7NO3/c1-10-7-3-2-6(4-8-7)11-5-9/h2-5H,1H3. The van der Waals surface area contributed by atoms with Gasteiger partial charge in [-0.25, -0.2) is 4.98 Å². The first kappa shape index (κ1) is 7.53. The second kappa shape index (κ2) is 3.55. The quantitative estimate of drug-likeness (QED) is 0.597. The normalized spacial score (nSPS) is 8.82. The van der Waals surface area contributed by atoms with Crippen molar-refractivity contribution in [1.29, 1.82) is 0 Å². The molecule has 0 saturated heterocycles. The summed E-state index contributed by atoms with van der Waals surface area (Å²) in [6.07, 6.45) is 1.41. The first-order valence-corrected chi connectivity index (χ1v) is 2.97. The summed E-state index contributed by atoms with van der Waals surface area (Å²) in [5.74, 6) is 0.893. The third-order valence-corrected chi connectivity index (χ3v) is 1.10. The molecule has 0 bridgehead atoms. The van der Waals surface area contributed by atoms with Crippen LogP contribution in [0.25, 0.3) is 0 Å². The molecule has 4 nitrogen and oxygen atoms in total. The van der Waals surface area contributed by atoms with Crippen LogP contribution in [0.1, 0.15) is 0 Å². The number of hydrogen-bond donors (Lipinski definition) is 0. The third kappa shape index (κ3) is 1.93. The van der Waals surface area contributed by atoms with Gasteiger partial charge in [0, 0.05) is 6.07 Å². The van der Waals surface area contributed by atoms with Gasteiger partial charge >= 0.3 is 0 Å². The minimum Gasteiger partial charge on any atom is -0.481 e. The zero-order chi connectivity index (χ0) is 8.10. The smallest absolute Gasteiger partial charge is 0.298 e. The Balaban J connectivity index is 2.74. The summed E-state index contributed by atoms with van der Waals surface area (Å²) in [5.41, 5.74) is 0. The Labute approximate surface area is 63.8 Å². The number of pyridine rings is 1. The summed E-state index contributed by atoms with van der Waals surface area (Å²) in [6, 6.07) is 3.21. The van der Waals surface area contributed by atoms with Crippen LogP contribution in [0.2, 0.25) is 0 Å². The Kier molecular flexibility index (Phi) is 2.43. The summed E-state index contributed by atoms with van der Waals surface area (Å²) in [7, 11) is 1.52. The van der Waals surface area contributed by atoms with Gasteiger partial charge in [-0.1, -0.05) is 0 Å². The number of carbonyl (C=O) groups excluding carboxylic acids is 1. The second-order valence-electron chi connectivity index (χ2n) is 1.75. The lowest BCUT2D eigenvalue weighted by molar-refractivity contribution is -0.120. The van der Waals surface area contributed by atoms with E-state index in [1.807, 2.05) is 0 Å². The van der Waals surface area contributed by atoms with E-state index in [1.54, 1.807) is 12.1 Å². The Hall–Kier alpha value is -1.58. The molecule has 4 heteroatoms. The van der Waals surface area contributed by atoms with Crippen LogP contribution in [0.15, 0.2) is 18.3 Å². The van der Waals surface area contributed by atoms with Gasteiger partial charge in [-0.3, -0.25) is 4.79 Å². The molecule has 11 heavy (non-hydrogen) atoms. The van der Waals surface area contributed by atoms with Crippen molar-refractivity contribution in [3.63, 3.8) is 0 Å². The van der Waals surface area contributed by atoms with Gasteiger partial charge in [0.2, 0.25) is 5.88 Å². The molecule has 0 fully saturated rings. The third-order valence-electron chi connectivity index (χ3n) is 1.10. The van der Waals surface area contributed by atoms with E-state index in [0.29, 0.717) is 18.1 Å². The van der Waals surface area contributed by atoms with E-state index < -0.39 is 0 Å². The Bertz CT molecular complexity index is 232. The molecule has 0 spiro atoms. The predicted octanol–water partition coefficient (Wildman–Crippen LogP) is 0.625. The lowest BCUT2D eigenvalue weighted by atomic mass is 10.4. The van der Waals surface area contributed by atoms with Gasteiger partial charge in [-0.05, 0) is 6.07 Å². The van der Waals surface area contributed by atoms with Crippen molar-refractivity contribution < 1.29 is 14.3 Å². The maximum atomic E-state index is 9.85. The van der Waals surface area contributed by atoms with Gasteiger partial charge in [0.05, 0.1) is 13.3 Å². The lowest BCUT2D eigenvalue weighted by Crippen LogP contribution is -1.90. The van der Waals surface area contributed by atoms with E-state index in [0.717, 1.165) is 0 Å². The predicted molar refractivity (Wildman–Crippen MR) is 37.5 cm³/mol. The molecule has 0 aliphatic rings. The zero-order valence-electron chi connectivity index (χ0n) is 5.98. The van der Waals surface area contributed by atoms with Crippen LogP contribution in [-0.4, -0.2) is 18.6 Å². The summed E-state index contributed by atoms with van der Waals surface area (Å²) < 4.78 is 9.30. The number of ether oxygens (including phenoxy) is 2. The molecule has 1 heterocycles. The average molecular weight is 153 g/mol. The number of nitrogens with zero attached hydrogens (tertiary/aromatic N) is 1. The lowest BCUT2D eigenvalue weighted by Gasteiger charge is -1.98. The molecule has 0 aromatic carbocycles. The first-order chi connectivity index (χ1) is 5.36. The van der Waals surface area contributed by atoms with Crippen molar-refractivity contribution >= 4 is 6.47 Å². The number of carbonyl (C=O) groups is 1. The fourth-order valence-corrected chi connectivity index (χ4v) is 0.613. The van der Waals surface area contributed by atoms with Crippen LogP contribution in [0.5, 0.6) is 11.6 Å². The molecule has 0 atom stereocenters. The largest absolute Gasteiger partial charge is 0.481 e. The number of aromatic nitrogens is 1. The summed E-state index contributed by atoms with van der Waals surface area (Å²) in [5, 5.41) is 0. The first-order valence-electron chi connectivity index (χ1n) is 2.97. The van der Waals surface area contributed by atoms with E-state index in [-0.39, 0.29) is 0 Å². The molecule has 0 unspecified atom stereocenters. The molecular formula is C7H7NO3. The Morgan fingerprint density at radius 3 is 2.82 bits per heavy atom. The van der Waals surface area contributed by atoms with Gasteiger partial charge in [-0.15, -0.1) is 0 Å². The van der Waals surface area contributed by atoms with Gasteiger partial charge in [-0.2, -0.15) is 0 Å². The molecule has 0 N–H and O–H groups in total. The SMILES string of the molecule is COc1ccc(OC=O)cn1.